The summed E-state index contributed by atoms with van der Waals surface area (Å²) < 4.78 is 133. The lowest BCUT2D eigenvalue weighted by Gasteiger charge is -2.29. The molecule has 4 rings (SSSR count). The van der Waals surface area contributed by atoms with Gasteiger partial charge >= 0.3 is 48.6 Å². The molecule has 1 aliphatic rings. The highest BCUT2D eigenvalue weighted by Crippen LogP contribution is 2.23. The number of carboxylic acids is 4. The number of pyridine rings is 3. The van der Waals surface area contributed by atoms with Crippen LogP contribution in [-0.4, -0.2) is 95.4 Å². The predicted molar refractivity (Wildman–Crippen MR) is 154 cm³/mol. The number of hydrogen-bond donors (Lipinski definition) is 4. The fourth-order valence-electron chi connectivity index (χ4n) is 3.36. The van der Waals surface area contributed by atoms with Gasteiger partial charge in [-0.1, -0.05) is 6.07 Å². The molecule has 0 aromatic carbocycles. The smallest absolute Gasteiger partial charge is 0.475 e. The maximum absolute atomic E-state index is 10.6. The molecule has 3 aromatic heterocycles. The second-order valence-electron chi connectivity index (χ2n) is 9.78. The van der Waals surface area contributed by atoms with Crippen molar-refractivity contribution in [3.8, 4) is 0 Å². The highest BCUT2D eigenvalue weighted by molar-refractivity contribution is 5.74. The summed E-state index contributed by atoms with van der Waals surface area (Å²) in [6.07, 6.45) is -9.93. The summed E-state index contributed by atoms with van der Waals surface area (Å²) in [5.41, 5.74) is 6.15. The van der Waals surface area contributed by atoms with Crippen LogP contribution in [0.25, 0.3) is 0 Å². The van der Waals surface area contributed by atoms with Crippen LogP contribution in [0.3, 0.4) is 0 Å². The Morgan fingerprint density at radius 1 is 0.648 bits per heavy atom. The Balaban J connectivity index is 0.000000820. The third-order valence-electron chi connectivity index (χ3n) is 5.67. The van der Waals surface area contributed by atoms with E-state index in [1.54, 1.807) is 12.4 Å². The maximum atomic E-state index is 10.6. The number of carbonyl (C=O) groups is 4. The predicted octanol–water partition coefficient (Wildman–Crippen LogP) is 5.68. The first-order valence-corrected chi connectivity index (χ1v) is 13.9. The molecular formula is C29H26F12N4O9. The van der Waals surface area contributed by atoms with E-state index in [9.17, 15) is 52.7 Å². The van der Waals surface area contributed by atoms with Crippen molar-refractivity contribution in [2.45, 2.75) is 57.4 Å². The minimum atomic E-state index is -5.08. The molecule has 0 aliphatic carbocycles. The third-order valence-corrected chi connectivity index (χ3v) is 5.67. The molecule has 0 unspecified atom stereocenters. The summed E-state index contributed by atoms with van der Waals surface area (Å²) in [6, 6.07) is 10.0. The van der Waals surface area contributed by atoms with Gasteiger partial charge in [-0.15, -0.1) is 0 Å². The van der Waals surface area contributed by atoms with Crippen LogP contribution in [0.15, 0.2) is 61.3 Å². The van der Waals surface area contributed by atoms with Crippen LogP contribution in [0.4, 0.5) is 52.7 Å². The van der Waals surface area contributed by atoms with Crippen LogP contribution in [0.5, 0.6) is 0 Å². The van der Waals surface area contributed by atoms with Crippen LogP contribution < -0.4 is 0 Å². The molecule has 0 fully saturated rings. The minimum absolute atomic E-state index is 0.595. The van der Waals surface area contributed by atoms with Gasteiger partial charge in [-0.05, 0) is 52.9 Å². The van der Waals surface area contributed by atoms with Gasteiger partial charge < -0.3 is 25.2 Å². The Bertz CT molecular complexity index is 1510. The topological polar surface area (TPSA) is 200 Å². The molecule has 0 radical (unpaired) electrons. The molecule has 0 amide bonds. The van der Waals surface area contributed by atoms with Crippen molar-refractivity contribution in [2.24, 2.45) is 0 Å². The van der Waals surface area contributed by atoms with Crippen LogP contribution in [0, 0.1) is 0 Å². The molecule has 0 saturated carbocycles. The van der Waals surface area contributed by atoms with Gasteiger partial charge in [0.25, 0.3) is 0 Å². The van der Waals surface area contributed by atoms with Crippen LogP contribution in [-0.2, 0) is 56.6 Å². The molecule has 300 valence electrons. The van der Waals surface area contributed by atoms with Gasteiger partial charge in [0.05, 0.1) is 18.9 Å². The van der Waals surface area contributed by atoms with E-state index in [1.807, 2.05) is 42.9 Å². The second-order valence-corrected chi connectivity index (χ2v) is 9.78. The number of hydrogen-bond acceptors (Lipinski definition) is 9. The zero-order valence-corrected chi connectivity index (χ0v) is 26.7. The van der Waals surface area contributed by atoms with Crippen LogP contribution in [0.2, 0.25) is 0 Å². The van der Waals surface area contributed by atoms with Crippen molar-refractivity contribution in [2.75, 3.05) is 6.54 Å². The maximum Gasteiger partial charge on any atom is 0.490 e. The number of ether oxygens (including phenoxy) is 1. The van der Waals surface area contributed by atoms with Crippen molar-refractivity contribution in [1.82, 2.24) is 19.9 Å². The molecule has 0 spiro atoms. The van der Waals surface area contributed by atoms with Crippen LogP contribution >= 0.6 is 0 Å². The molecular weight excluding hydrogens is 776 g/mol. The fourth-order valence-corrected chi connectivity index (χ4v) is 3.36. The van der Waals surface area contributed by atoms with Crippen molar-refractivity contribution >= 4 is 23.9 Å². The third kappa shape index (κ3) is 21.1. The first-order valence-electron chi connectivity index (χ1n) is 13.9. The van der Waals surface area contributed by atoms with Gasteiger partial charge in [0.2, 0.25) is 0 Å². The van der Waals surface area contributed by atoms with Gasteiger partial charge in [-0.2, -0.15) is 52.7 Å². The summed E-state index contributed by atoms with van der Waals surface area (Å²) in [5, 5.41) is 28.5. The molecule has 0 saturated heterocycles. The molecule has 0 atom stereocenters. The number of carboxylic acid groups (broad SMARTS) is 4. The summed E-state index contributed by atoms with van der Waals surface area (Å²) in [6.45, 7) is 4.02. The molecule has 4 heterocycles. The Labute approximate surface area is 294 Å². The van der Waals surface area contributed by atoms with Gasteiger partial charge in [-0.3, -0.25) is 19.9 Å². The van der Waals surface area contributed by atoms with Crippen LogP contribution in [0.1, 0.15) is 27.9 Å². The van der Waals surface area contributed by atoms with E-state index in [2.05, 4.69) is 25.9 Å². The summed E-state index contributed by atoms with van der Waals surface area (Å²) in [7, 11) is 0. The van der Waals surface area contributed by atoms with E-state index in [4.69, 9.17) is 44.3 Å². The summed E-state index contributed by atoms with van der Waals surface area (Å²) in [5.74, 6) is -11.0. The van der Waals surface area contributed by atoms with Crippen molar-refractivity contribution < 1.29 is 97.0 Å². The Morgan fingerprint density at radius 2 is 1.11 bits per heavy atom. The number of aliphatic carboxylic acids is 4. The Hall–Kier alpha value is -5.59. The average Bonchev–Trinajstić information content (AvgIpc) is 3.05. The largest absolute Gasteiger partial charge is 0.490 e. The van der Waals surface area contributed by atoms with E-state index < -0.39 is 48.6 Å². The second kappa shape index (κ2) is 21.8. The normalized spacial score (nSPS) is 12.7. The molecule has 0 bridgehead atoms. The van der Waals surface area contributed by atoms with Crippen molar-refractivity contribution in [3.05, 3.63) is 89.3 Å². The lowest BCUT2D eigenvalue weighted by Crippen LogP contribution is -2.31. The number of nitrogens with zero attached hydrogens (tertiary/aromatic N) is 4. The van der Waals surface area contributed by atoms with Gasteiger partial charge in [0, 0.05) is 50.6 Å². The lowest BCUT2D eigenvalue weighted by atomic mass is 9.97. The highest BCUT2D eigenvalue weighted by atomic mass is 19.4. The minimum Gasteiger partial charge on any atom is -0.475 e. The molecule has 3 aromatic rings. The van der Waals surface area contributed by atoms with Gasteiger partial charge in [0.15, 0.2) is 0 Å². The quantitative estimate of drug-likeness (QED) is 0.222. The number of halogens is 12. The van der Waals surface area contributed by atoms with Gasteiger partial charge in [0.1, 0.15) is 0 Å². The van der Waals surface area contributed by atoms with E-state index in [1.165, 1.54) is 16.7 Å². The molecule has 13 nitrogen and oxygen atoms in total. The molecule has 1 aliphatic heterocycles. The van der Waals surface area contributed by atoms with E-state index >= 15 is 0 Å². The van der Waals surface area contributed by atoms with E-state index in [0.29, 0.717) is 13.2 Å². The summed E-state index contributed by atoms with van der Waals surface area (Å²) in [4.78, 5) is 50.9. The van der Waals surface area contributed by atoms with E-state index in [0.717, 1.165) is 37.3 Å². The lowest BCUT2D eigenvalue weighted by molar-refractivity contribution is -0.193. The van der Waals surface area contributed by atoms with E-state index in [-0.39, 0.29) is 0 Å². The molecule has 25 heteroatoms. The fraction of sp³-hybridized carbons (Fsp3) is 0.345. The number of fused-ring (bicyclic) bond motifs is 1. The zero-order valence-electron chi connectivity index (χ0n) is 26.7. The first-order chi connectivity index (χ1) is 24.7. The summed E-state index contributed by atoms with van der Waals surface area (Å²) >= 11 is 0. The number of alkyl halides is 12. The number of aromatic nitrogens is 3. The molecule has 54 heavy (non-hydrogen) atoms. The molecule has 4 N–H and O–H groups in total. The van der Waals surface area contributed by atoms with Gasteiger partial charge in [-0.25, -0.2) is 19.2 Å². The monoisotopic (exact) mass is 802 g/mol. The Kier molecular flexibility index (Phi) is 19.6. The Morgan fingerprint density at radius 3 is 1.52 bits per heavy atom. The zero-order chi connectivity index (χ0) is 41.9. The first kappa shape index (κ1) is 48.4. The number of rotatable bonds is 6. The average molecular weight is 803 g/mol. The standard InChI is InChI=1S/C21H22N4O.4C2HF3O2/c1-2-7-24-20(3-1)14-25-10-6-21-18(13-25)11-23-12-19(21)16-26-15-17-4-8-22-9-5-17;4*3-2(4,5)1(6)7/h1-5,7-9,11-12H,6,10,13-16H2;4*(H,6,7). The van der Waals surface area contributed by atoms with Crippen molar-refractivity contribution in [1.29, 1.82) is 0 Å². The highest BCUT2D eigenvalue weighted by Gasteiger charge is 2.40. The van der Waals surface area contributed by atoms with Crippen molar-refractivity contribution in [3.63, 3.8) is 0 Å². The SMILES string of the molecule is O=C(O)C(F)(F)F.O=C(O)C(F)(F)F.O=C(O)C(F)(F)F.O=C(O)C(F)(F)F.c1ccc(CN2CCc3c(COCc4ccncc4)cncc3C2)nc1.